The second kappa shape index (κ2) is 6.99. The number of amides is 2. The van der Waals surface area contributed by atoms with Gasteiger partial charge in [-0.05, 0) is 42.5 Å². The van der Waals surface area contributed by atoms with Crippen LogP contribution in [0.15, 0.2) is 48.5 Å². The number of para-hydroxylation sites is 1. The number of fused-ring (bicyclic) bond motifs is 1. The molecule has 4 nitrogen and oxygen atoms in total. The molecule has 2 aromatic carbocycles. The van der Waals surface area contributed by atoms with E-state index in [9.17, 15) is 23.1 Å². The Hall–Kier alpha value is -2.54. The van der Waals surface area contributed by atoms with Crippen LogP contribution in [-0.2, 0) is 18.2 Å². The summed E-state index contributed by atoms with van der Waals surface area (Å²) in [5, 5.41) is 15.6. The van der Waals surface area contributed by atoms with E-state index >= 15 is 0 Å². The minimum Gasteiger partial charge on any atom is -0.383 e. The van der Waals surface area contributed by atoms with Crippen LogP contribution >= 0.6 is 0 Å². The molecule has 0 fully saturated rings. The van der Waals surface area contributed by atoms with Gasteiger partial charge in [-0.2, -0.15) is 13.2 Å². The predicted molar refractivity (Wildman–Crippen MR) is 91.7 cm³/mol. The predicted octanol–water partition coefficient (Wildman–Crippen LogP) is 4.05. The fourth-order valence-corrected chi connectivity index (χ4v) is 3.31. The van der Waals surface area contributed by atoms with Gasteiger partial charge >= 0.3 is 12.2 Å². The van der Waals surface area contributed by atoms with Crippen LogP contribution in [0.4, 0.5) is 23.7 Å². The Labute approximate surface area is 149 Å². The number of rotatable bonds is 3. The van der Waals surface area contributed by atoms with Crippen molar-refractivity contribution in [3.05, 3.63) is 65.2 Å². The van der Waals surface area contributed by atoms with E-state index in [1.165, 1.54) is 18.2 Å². The number of urea groups is 1. The Kier molecular flexibility index (Phi) is 4.91. The van der Waals surface area contributed by atoms with Gasteiger partial charge in [0.15, 0.2) is 0 Å². The normalized spacial score (nSPS) is 19.5. The van der Waals surface area contributed by atoms with E-state index in [2.05, 4.69) is 10.6 Å². The first-order valence-electron chi connectivity index (χ1n) is 8.31. The summed E-state index contributed by atoms with van der Waals surface area (Å²) < 4.78 is 39.0. The Morgan fingerprint density at radius 3 is 2.58 bits per heavy atom. The summed E-state index contributed by atoms with van der Waals surface area (Å²) in [5.41, 5.74) is -0.700. The fourth-order valence-electron chi connectivity index (χ4n) is 3.31. The van der Waals surface area contributed by atoms with Crippen molar-refractivity contribution in [3.8, 4) is 0 Å². The van der Waals surface area contributed by atoms with Crippen molar-refractivity contribution in [3.63, 3.8) is 0 Å². The van der Waals surface area contributed by atoms with Crippen LogP contribution in [0.2, 0.25) is 0 Å². The van der Waals surface area contributed by atoms with Crippen LogP contribution < -0.4 is 10.6 Å². The van der Waals surface area contributed by atoms with E-state index in [-0.39, 0.29) is 12.2 Å². The van der Waals surface area contributed by atoms with Gasteiger partial charge in [-0.1, -0.05) is 36.4 Å². The van der Waals surface area contributed by atoms with Gasteiger partial charge in [0.25, 0.3) is 0 Å². The number of nitrogens with one attached hydrogen (secondary N) is 2. The molecule has 0 aromatic heterocycles. The molecule has 3 rings (SSSR count). The molecule has 1 aliphatic rings. The summed E-state index contributed by atoms with van der Waals surface area (Å²) >= 11 is 0. The van der Waals surface area contributed by atoms with Gasteiger partial charge < -0.3 is 15.7 Å². The van der Waals surface area contributed by atoms with Gasteiger partial charge in [0.05, 0.1) is 17.8 Å². The molecule has 0 bridgehead atoms. The second-order valence-electron chi connectivity index (χ2n) is 6.39. The highest BCUT2D eigenvalue weighted by Gasteiger charge is 2.35. The lowest BCUT2D eigenvalue weighted by atomic mass is 9.79. The van der Waals surface area contributed by atoms with Crippen LogP contribution in [-0.4, -0.2) is 17.7 Å². The number of carbonyl (C=O) groups is 1. The third-order valence-corrected chi connectivity index (χ3v) is 4.58. The van der Waals surface area contributed by atoms with Crippen molar-refractivity contribution in [1.29, 1.82) is 0 Å². The standard InChI is InChI=1S/C19H19F3N2O2/c20-19(21,22)15-9-3-4-10-16(15)24-17(25)23-12-18(26)11-5-7-13-6-1-2-8-14(13)18/h1-4,6,8-10,26H,5,7,11-12H2,(H2,23,24,25). The molecule has 0 saturated carbocycles. The van der Waals surface area contributed by atoms with Crippen molar-refractivity contribution in [1.82, 2.24) is 5.32 Å². The molecule has 0 spiro atoms. The maximum absolute atomic E-state index is 13.0. The monoisotopic (exact) mass is 364 g/mol. The molecule has 0 radical (unpaired) electrons. The molecule has 2 aromatic rings. The van der Waals surface area contributed by atoms with Crippen LogP contribution in [0.3, 0.4) is 0 Å². The topological polar surface area (TPSA) is 61.4 Å². The van der Waals surface area contributed by atoms with Gasteiger partial charge in [-0.3, -0.25) is 0 Å². The van der Waals surface area contributed by atoms with Gasteiger partial charge in [0.2, 0.25) is 0 Å². The van der Waals surface area contributed by atoms with Crippen LogP contribution in [0, 0.1) is 0 Å². The molecule has 0 saturated heterocycles. The molecule has 138 valence electrons. The molecule has 0 heterocycles. The highest BCUT2D eigenvalue weighted by Crippen LogP contribution is 2.36. The Balaban J connectivity index is 1.69. The van der Waals surface area contributed by atoms with Gasteiger partial charge in [-0.25, -0.2) is 4.79 Å². The van der Waals surface area contributed by atoms with Crippen LogP contribution in [0.25, 0.3) is 0 Å². The number of benzene rings is 2. The summed E-state index contributed by atoms with van der Waals surface area (Å²) in [6.45, 7) is -0.0793. The lowest BCUT2D eigenvalue weighted by Gasteiger charge is -2.34. The smallest absolute Gasteiger partial charge is 0.383 e. The zero-order chi connectivity index (χ0) is 18.8. The Bertz CT molecular complexity index is 807. The molecule has 2 amide bonds. The largest absolute Gasteiger partial charge is 0.418 e. The maximum Gasteiger partial charge on any atom is 0.418 e. The molecule has 1 aliphatic carbocycles. The first-order valence-corrected chi connectivity index (χ1v) is 8.31. The Morgan fingerprint density at radius 1 is 1.12 bits per heavy atom. The van der Waals surface area contributed by atoms with E-state index in [4.69, 9.17) is 0 Å². The van der Waals surface area contributed by atoms with E-state index < -0.39 is 23.4 Å². The summed E-state index contributed by atoms with van der Waals surface area (Å²) in [7, 11) is 0. The molecule has 1 atom stereocenters. The van der Waals surface area contributed by atoms with Crippen molar-refractivity contribution in [2.75, 3.05) is 11.9 Å². The number of carbonyl (C=O) groups excluding carboxylic acids is 1. The molecular weight excluding hydrogens is 345 g/mol. The molecule has 7 heteroatoms. The SMILES string of the molecule is O=C(NCC1(O)CCCc2ccccc21)Nc1ccccc1C(F)(F)F. The average molecular weight is 364 g/mol. The lowest BCUT2D eigenvalue weighted by Crippen LogP contribution is -2.44. The highest BCUT2D eigenvalue weighted by molar-refractivity contribution is 5.90. The number of hydrogen-bond acceptors (Lipinski definition) is 2. The molecule has 1 unspecified atom stereocenters. The third kappa shape index (κ3) is 3.83. The minimum absolute atomic E-state index is 0.0793. The number of halogens is 3. The number of aryl methyl sites for hydroxylation is 1. The van der Waals surface area contributed by atoms with Gasteiger partial charge in [-0.15, -0.1) is 0 Å². The molecule has 3 N–H and O–H groups in total. The molecule has 0 aliphatic heterocycles. The number of anilines is 1. The third-order valence-electron chi connectivity index (χ3n) is 4.58. The van der Waals surface area contributed by atoms with E-state index in [1.807, 2.05) is 24.3 Å². The first-order chi connectivity index (χ1) is 12.3. The van der Waals surface area contributed by atoms with Gasteiger partial charge in [0.1, 0.15) is 5.60 Å². The quantitative estimate of drug-likeness (QED) is 0.769. The summed E-state index contributed by atoms with van der Waals surface area (Å²) in [6, 6.07) is 11.4. The van der Waals surface area contributed by atoms with Crippen molar-refractivity contribution < 1.29 is 23.1 Å². The lowest BCUT2D eigenvalue weighted by molar-refractivity contribution is -0.136. The second-order valence-corrected chi connectivity index (χ2v) is 6.39. The zero-order valence-corrected chi connectivity index (χ0v) is 13.9. The maximum atomic E-state index is 13.0. The molecular formula is C19H19F3N2O2. The zero-order valence-electron chi connectivity index (χ0n) is 13.9. The van der Waals surface area contributed by atoms with Gasteiger partial charge in [0, 0.05) is 0 Å². The fraction of sp³-hybridized carbons (Fsp3) is 0.316. The van der Waals surface area contributed by atoms with E-state index in [0.717, 1.165) is 30.0 Å². The molecule has 26 heavy (non-hydrogen) atoms. The number of aliphatic hydroxyl groups is 1. The number of hydrogen-bond donors (Lipinski definition) is 3. The Morgan fingerprint density at radius 2 is 1.81 bits per heavy atom. The van der Waals surface area contributed by atoms with E-state index in [0.29, 0.717) is 6.42 Å². The minimum atomic E-state index is -4.57. The van der Waals surface area contributed by atoms with Crippen LogP contribution in [0.5, 0.6) is 0 Å². The van der Waals surface area contributed by atoms with Crippen molar-refractivity contribution >= 4 is 11.7 Å². The summed E-state index contributed by atoms with van der Waals surface area (Å²) in [5.74, 6) is 0. The summed E-state index contributed by atoms with van der Waals surface area (Å²) in [4.78, 5) is 12.1. The number of alkyl halides is 3. The van der Waals surface area contributed by atoms with Crippen LogP contribution in [0.1, 0.15) is 29.5 Å². The van der Waals surface area contributed by atoms with E-state index in [1.54, 1.807) is 0 Å². The average Bonchev–Trinajstić information content (AvgIpc) is 2.60. The van der Waals surface area contributed by atoms with Crippen molar-refractivity contribution in [2.24, 2.45) is 0 Å². The highest BCUT2D eigenvalue weighted by atomic mass is 19.4. The van der Waals surface area contributed by atoms with Crippen molar-refractivity contribution in [2.45, 2.75) is 31.0 Å². The first kappa shape index (κ1) is 18.3. The summed E-state index contributed by atoms with van der Waals surface area (Å²) in [6.07, 6.45) is -2.47.